The number of nitrogens with one attached hydrogen (secondary N) is 1. The van der Waals surface area contributed by atoms with Gasteiger partial charge in [-0.2, -0.15) is 4.98 Å². The van der Waals surface area contributed by atoms with Gasteiger partial charge in [0.05, 0.1) is 7.11 Å². The molecule has 2 rings (SSSR count). The first-order valence-electron chi connectivity index (χ1n) is 3.90. The second-order valence-corrected chi connectivity index (χ2v) is 3.72. The fourth-order valence-electron chi connectivity index (χ4n) is 1.28. The summed E-state index contributed by atoms with van der Waals surface area (Å²) in [5.41, 5.74) is 1.94. The summed E-state index contributed by atoms with van der Waals surface area (Å²) in [7, 11) is 1.61. The number of halogens is 1. The first-order valence-corrected chi connectivity index (χ1v) is 4.70. The average Bonchev–Trinajstić information content (AvgIpc) is 2.46. The molecule has 0 aliphatic rings. The highest BCUT2D eigenvalue weighted by Crippen LogP contribution is 2.26. The molecular weight excluding hydrogens is 232 g/mol. The molecule has 2 heterocycles. The molecular formula is C9H9BrN2O. The fourth-order valence-corrected chi connectivity index (χ4v) is 1.78. The summed E-state index contributed by atoms with van der Waals surface area (Å²) in [5, 5.41) is 1.08. The average molecular weight is 241 g/mol. The Bertz CT molecular complexity index is 450. The molecule has 0 spiro atoms. The lowest BCUT2D eigenvalue weighted by Crippen LogP contribution is -1.87. The highest BCUT2D eigenvalue weighted by molar-refractivity contribution is 9.10. The van der Waals surface area contributed by atoms with Gasteiger partial charge in [-0.1, -0.05) is 0 Å². The van der Waals surface area contributed by atoms with Crippen molar-refractivity contribution in [3.8, 4) is 5.88 Å². The number of rotatable bonds is 1. The van der Waals surface area contributed by atoms with Gasteiger partial charge in [-0.15, -0.1) is 0 Å². The van der Waals surface area contributed by atoms with Crippen molar-refractivity contribution in [2.24, 2.45) is 0 Å². The predicted molar refractivity (Wildman–Crippen MR) is 55.1 cm³/mol. The number of pyridine rings is 1. The zero-order valence-corrected chi connectivity index (χ0v) is 8.97. The van der Waals surface area contributed by atoms with E-state index < -0.39 is 0 Å². The van der Waals surface area contributed by atoms with E-state index in [1.165, 1.54) is 0 Å². The topological polar surface area (TPSA) is 37.9 Å². The van der Waals surface area contributed by atoms with E-state index in [-0.39, 0.29) is 0 Å². The molecule has 0 amide bonds. The minimum atomic E-state index is 0.612. The second-order valence-electron chi connectivity index (χ2n) is 2.86. The Morgan fingerprint density at radius 3 is 2.92 bits per heavy atom. The van der Waals surface area contributed by atoms with Crippen LogP contribution in [-0.4, -0.2) is 17.1 Å². The van der Waals surface area contributed by atoms with Crippen molar-refractivity contribution in [1.29, 1.82) is 0 Å². The van der Waals surface area contributed by atoms with Crippen LogP contribution in [0.5, 0.6) is 5.88 Å². The first kappa shape index (κ1) is 8.56. The molecule has 3 nitrogen and oxygen atoms in total. The summed E-state index contributed by atoms with van der Waals surface area (Å²) in [6.45, 7) is 2.00. The zero-order valence-electron chi connectivity index (χ0n) is 7.39. The van der Waals surface area contributed by atoms with Gasteiger partial charge < -0.3 is 9.72 Å². The minimum Gasteiger partial charge on any atom is -0.481 e. The Morgan fingerprint density at radius 2 is 2.23 bits per heavy atom. The summed E-state index contributed by atoms with van der Waals surface area (Å²) in [4.78, 5) is 7.42. The van der Waals surface area contributed by atoms with Crippen molar-refractivity contribution in [3.63, 3.8) is 0 Å². The number of aromatic nitrogens is 2. The normalized spacial score (nSPS) is 10.7. The second kappa shape index (κ2) is 3.03. The summed E-state index contributed by atoms with van der Waals surface area (Å²) in [5.74, 6) is 0.612. The maximum absolute atomic E-state index is 5.05. The number of nitrogens with zero attached hydrogens (tertiary/aromatic N) is 1. The molecule has 0 radical (unpaired) electrons. The van der Waals surface area contributed by atoms with Crippen LogP contribution in [0.1, 0.15) is 5.69 Å². The van der Waals surface area contributed by atoms with Gasteiger partial charge in [0.1, 0.15) is 5.65 Å². The Kier molecular flexibility index (Phi) is 2.00. The van der Waals surface area contributed by atoms with Crippen LogP contribution in [0.25, 0.3) is 11.0 Å². The molecule has 1 N–H and O–H groups in total. The third-order valence-corrected chi connectivity index (χ3v) is 2.53. The Balaban J connectivity index is 2.75. The Morgan fingerprint density at radius 1 is 1.46 bits per heavy atom. The van der Waals surface area contributed by atoms with Crippen LogP contribution < -0.4 is 4.74 Å². The zero-order chi connectivity index (χ0) is 9.42. The van der Waals surface area contributed by atoms with E-state index in [0.29, 0.717) is 5.88 Å². The van der Waals surface area contributed by atoms with Gasteiger partial charge >= 0.3 is 0 Å². The molecule has 0 unspecified atom stereocenters. The molecule has 0 saturated carbocycles. The van der Waals surface area contributed by atoms with E-state index in [1.54, 1.807) is 7.11 Å². The molecule has 0 saturated heterocycles. The van der Waals surface area contributed by atoms with Crippen LogP contribution in [0.3, 0.4) is 0 Å². The maximum Gasteiger partial charge on any atom is 0.216 e. The van der Waals surface area contributed by atoms with E-state index in [2.05, 4.69) is 25.9 Å². The fraction of sp³-hybridized carbons (Fsp3) is 0.222. The van der Waals surface area contributed by atoms with Gasteiger partial charge in [-0.25, -0.2) is 0 Å². The van der Waals surface area contributed by atoms with E-state index >= 15 is 0 Å². The molecule has 13 heavy (non-hydrogen) atoms. The number of aromatic amines is 1. The molecule has 2 aromatic rings. The standard InChI is InChI=1S/C9H9BrN2O/c1-5-3-6-7(10)4-8(13-2)12-9(6)11-5/h3-4H,1-2H3,(H,11,12). The number of fused-ring (bicyclic) bond motifs is 1. The molecule has 0 atom stereocenters. The number of hydrogen-bond acceptors (Lipinski definition) is 2. The molecule has 68 valence electrons. The molecule has 4 heteroatoms. The lowest BCUT2D eigenvalue weighted by molar-refractivity contribution is 0.399. The highest BCUT2D eigenvalue weighted by atomic mass is 79.9. The third kappa shape index (κ3) is 1.42. The molecule has 0 aliphatic carbocycles. The van der Waals surface area contributed by atoms with Crippen molar-refractivity contribution in [2.45, 2.75) is 6.92 Å². The highest BCUT2D eigenvalue weighted by Gasteiger charge is 2.05. The third-order valence-electron chi connectivity index (χ3n) is 1.87. The smallest absolute Gasteiger partial charge is 0.216 e. The Labute approximate surface area is 84.3 Å². The molecule has 0 aliphatic heterocycles. The van der Waals surface area contributed by atoms with Gasteiger partial charge in [0.25, 0.3) is 0 Å². The number of hydrogen-bond donors (Lipinski definition) is 1. The van der Waals surface area contributed by atoms with E-state index in [0.717, 1.165) is 21.2 Å². The van der Waals surface area contributed by atoms with E-state index in [9.17, 15) is 0 Å². The van der Waals surface area contributed by atoms with Crippen molar-refractivity contribution in [3.05, 3.63) is 22.3 Å². The maximum atomic E-state index is 5.05. The summed E-state index contributed by atoms with van der Waals surface area (Å²) < 4.78 is 6.05. The van der Waals surface area contributed by atoms with Crippen molar-refractivity contribution in [1.82, 2.24) is 9.97 Å². The Hall–Kier alpha value is -1.03. The lowest BCUT2D eigenvalue weighted by Gasteiger charge is -1.99. The molecule has 0 bridgehead atoms. The van der Waals surface area contributed by atoms with E-state index in [4.69, 9.17) is 4.74 Å². The van der Waals surface area contributed by atoms with Gasteiger partial charge in [-0.05, 0) is 28.9 Å². The van der Waals surface area contributed by atoms with Crippen LogP contribution in [0, 0.1) is 6.92 Å². The monoisotopic (exact) mass is 240 g/mol. The molecule has 2 aromatic heterocycles. The van der Waals surface area contributed by atoms with Gasteiger partial charge in [-0.3, -0.25) is 0 Å². The van der Waals surface area contributed by atoms with Crippen molar-refractivity contribution in [2.75, 3.05) is 7.11 Å². The van der Waals surface area contributed by atoms with Gasteiger partial charge in [0, 0.05) is 21.6 Å². The quantitative estimate of drug-likeness (QED) is 0.833. The number of H-pyrrole nitrogens is 1. The lowest BCUT2D eigenvalue weighted by atomic mass is 10.3. The molecule has 0 fully saturated rings. The van der Waals surface area contributed by atoms with Crippen LogP contribution in [0.15, 0.2) is 16.6 Å². The summed E-state index contributed by atoms with van der Waals surface area (Å²) in [6.07, 6.45) is 0. The first-order chi connectivity index (χ1) is 6.20. The van der Waals surface area contributed by atoms with Crippen LogP contribution >= 0.6 is 15.9 Å². The van der Waals surface area contributed by atoms with Crippen molar-refractivity contribution >= 4 is 27.0 Å². The largest absolute Gasteiger partial charge is 0.481 e. The number of methoxy groups -OCH3 is 1. The van der Waals surface area contributed by atoms with Crippen LogP contribution in [0.4, 0.5) is 0 Å². The van der Waals surface area contributed by atoms with Gasteiger partial charge in [0.15, 0.2) is 0 Å². The van der Waals surface area contributed by atoms with Gasteiger partial charge in [0.2, 0.25) is 5.88 Å². The number of ether oxygens (including phenoxy) is 1. The van der Waals surface area contributed by atoms with Crippen LogP contribution in [-0.2, 0) is 0 Å². The minimum absolute atomic E-state index is 0.612. The van der Waals surface area contributed by atoms with Crippen molar-refractivity contribution < 1.29 is 4.74 Å². The number of aryl methyl sites for hydroxylation is 1. The summed E-state index contributed by atoms with van der Waals surface area (Å²) in [6, 6.07) is 3.90. The van der Waals surface area contributed by atoms with Crippen LogP contribution in [0.2, 0.25) is 0 Å². The SMILES string of the molecule is COc1cc(Br)c2cc(C)[nH]c2n1. The summed E-state index contributed by atoms with van der Waals surface area (Å²) >= 11 is 3.46. The van der Waals surface area contributed by atoms with E-state index in [1.807, 2.05) is 19.1 Å². The predicted octanol–water partition coefficient (Wildman–Crippen LogP) is 2.64. The molecule has 0 aromatic carbocycles.